The van der Waals surface area contributed by atoms with Crippen LogP contribution in [0.15, 0.2) is 30.5 Å². The monoisotopic (exact) mass is 256 g/mol. The van der Waals surface area contributed by atoms with E-state index >= 15 is 0 Å². The maximum atomic E-state index is 10.8. The zero-order valence-corrected chi connectivity index (χ0v) is 11.0. The van der Waals surface area contributed by atoms with Crippen LogP contribution in [0, 0.1) is 13.8 Å². The number of carbonyl (C=O) groups is 1. The molecular weight excluding hydrogens is 244 g/mol. The molecule has 0 saturated carbocycles. The third-order valence-electron chi connectivity index (χ3n) is 2.96. The number of benzene rings is 1. The van der Waals surface area contributed by atoms with Crippen LogP contribution in [-0.4, -0.2) is 15.7 Å². The van der Waals surface area contributed by atoms with E-state index in [1.165, 1.54) is 10.4 Å². The van der Waals surface area contributed by atoms with E-state index in [9.17, 15) is 4.79 Å². The van der Waals surface area contributed by atoms with Crippen molar-refractivity contribution < 1.29 is 4.79 Å². The normalized spacial score (nSPS) is 11.0. The fourth-order valence-corrected chi connectivity index (χ4v) is 3.06. The molecule has 3 rings (SSSR count). The van der Waals surface area contributed by atoms with Gasteiger partial charge in [0.1, 0.15) is 5.69 Å². The fraction of sp³-hybridized carbons (Fsp3) is 0.143. The highest BCUT2D eigenvalue weighted by Crippen LogP contribution is 2.31. The molecule has 0 radical (unpaired) electrons. The maximum Gasteiger partial charge on any atom is 0.195 e. The van der Waals surface area contributed by atoms with Crippen LogP contribution < -0.4 is 0 Å². The Balaban J connectivity index is 2.26. The number of carbonyl (C=O) groups excluding carboxylic acids is 1. The van der Waals surface area contributed by atoms with Gasteiger partial charge in [-0.3, -0.25) is 9.20 Å². The molecule has 90 valence electrons. The zero-order valence-electron chi connectivity index (χ0n) is 10.2. The standard InChI is InChI=1S/C14H12N2OS/c1-9-3-5-11(6-4-9)13-10(2)18-14-15-12(8-17)7-16(13)14/h3-8H,1-2H3. The Morgan fingerprint density at radius 1 is 1.22 bits per heavy atom. The maximum absolute atomic E-state index is 10.8. The van der Waals surface area contributed by atoms with Crippen molar-refractivity contribution in [2.75, 3.05) is 0 Å². The smallest absolute Gasteiger partial charge is 0.195 e. The Morgan fingerprint density at radius 2 is 1.94 bits per heavy atom. The van der Waals surface area contributed by atoms with E-state index in [0.717, 1.165) is 22.5 Å². The zero-order chi connectivity index (χ0) is 12.7. The highest BCUT2D eigenvalue weighted by Gasteiger charge is 2.13. The molecule has 3 nitrogen and oxygen atoms in total. The molecule has 1 aromatic carbocycles. The first-order valence-electron chi connectivity index (χ1n) is 5.70. The molecule has 0 saturated heterocycles. The minimum Gasteiger partial charge on any atom is -0.296 e. The van der Waals surface area contributed by atoms with Gasteiger partial charge in [0.2, 0.25) is 0 Å². The molecule has 0 fully saturated rings. The highest BCUT2D eigenvalue weighted by molar-refractivity contribution is 7.17. The number of fused-ring (bicyclic) bond motifs is 1. The van der Waals surface area contributed by atoms with Crippen LogP contribution in [0.2, 0.25) is 0 Å². The van der Waals surface area contributed by atoms with Gasteiger partial charge in [-0.05, 0) is 19.4 Å². The number of aromatic nitrogens is 2. The van der Waals surface area contributed by atoms with Gasteiger partial charge in [-0.1, -0.05) is 29.8 Å². The Labute approximate surface area is 109 Å². The van der Waals surface area contributed by atoms with Crippen molar-refractivity contribution in [2.24, 2.45) is 0 Å². The van der Waals surface area contributed by atoms with Gasteiger partial charge in [-0.15, -0.1) is 11.3 Å². The molecule has 18 heavy (non-hydrogen) atoms. The van der Waals surface area contributed by atoms with Crippen molar-refractivity contribution in [3.63, 3.8) is 0 Å². The summed E-state index contributed by atoms with van der Waals surface area (Å²) in [4.78, 5) is 17.1. The highest BCUT2D eigenvalue weighted by atomic mass is 32.1. The van der Waals surface area contributed by atoms with Gasteiger partial charge in [0.05, 0.1) is 5.69 Å². The van der Waals surface area contributed by atoms with Crippen LogP contribution in [0.5, 0.6) is 0 Å². The number of aryl methyl sites for hydroxylation is 2. The lowest BCUT2D eigenvalue weighted by molar-refractivity contribution is 0.111. The van der Waals surface area contributed by atoms with E-state index in [-0.39, 0.29) is 0 Å². The number of thiazole rings is 1. The molecule has 0 atom stereocenters. The van der Waals surface area contributed by atoms with Crippen LogP contribution in [0.3, 0.4) is 0 Å². The van der Waals surface area contributed by atoms with Crippen LogP contribution in [0.25, 0.3) is 16.2 Å². The van der Waals surface area contributed by atoms with E-state index in [1.807, 2.05) is 4.40 Å². The number of hydrogen-bond donors (Lipinski definition) is 0. The van der Waals surface area contributed by atoms with Crippen molar-refractivity contribution >= 4 is 22.6 Å². The molecule has 0 unspecified atom stereocenters. The van der Waals surface area contributed by atoms with Crippen molar-refractivity contribution in [1.29, 1.82) is 0 Å². The van der Waals surface area contributed by atoms with Gasteiger partial charge in [0.25, 0.3) is 0 Å². The summed E-state index contributed by atoms with van der Waals surface area (Å²) >= 11 is 1.61. The molecule has 0 aliphatic rings. The Morgan fingerprint density at radius 3 is 2.61 bits per heavy atom. The van der Waals surface area contributed by atoms with E-state index in [2.05, 4.69) is 43.1 Å². The van der Waals surface area contributed by atoms with Crippen LogP contribution >= 0.6 is 11.3 Å². The van der Waals surface area contributed by atoms with Crippen molar-refractivity contribution in [3.8, 4) is 11.3 Å². The van der Waals surface area contributed by atoms with Gasteiger partial charge in [0, 0.05) is 11.1 Å². The first kappa shape index (κ1) is 11.2. The van der Waals surface area contributed by atoms with Crippen molar-refractivity contribution in [1.82, 2.24) is 9.38 Å². The second kappa shape index (κ2) is 4.07. The van der Waals surface area contributed by atoms with Crippen LogP contribution in [-0.2, 0) is 0 Å². The van der Waals surface area contributed by atoms with Gasteiger partial charge >= 0.3 is 0 Å². The quantitative estimate of drug-likeness (QED) is 0.658. The van der Waals surface area contributed by atoms with Gasteiger partial charge in [-0.25, -0.2) is 4.98 Å². The summed E-state index contributed by atoms with van der Waals surface area (Å²) in [5.41, 5.74) is 3.99. The summed E-state index contributed by atoms with van der Waals surface area (Å²) in [5, 5.41) is 0. The minimum atomic E-state index is 0.481. The lowest BCUT2D eigenvalue weighted by Crippen LogP contribution is -1.86. The number of hydrogen-bond acceptors (Lipinski definition) is 3. The fourth-order valence-electron chi connectivity index (χ4n) is 2.08. The lowest BCUT2D eigenvalue weighted by atomic mass is 10.1. The van der Waals surface area contributed by atoms with Gasteiger partial charge in [-0.2, -0.15) is 0 Å². The summed E-state index contributed by atoms with van der Waals surface area (Å²) in [6.45, 7) is 4.15. The molecule has 4 heteroatoms. The molecule has 2 aromatic heterocycles. The summed E-state index contributed by atoms with van der Waals surface area (Å²) in [7, 11) is 0. The molecule has 0 amide bonds. The van der Waals surface area contributed by atoms with Crippen LogP contribution in [0.1, 0.15) is 20.9 Å². The third kappa shape index (κ3) is 1.66. The first-order valence-corrected chi connectivity index (χ1v) is 6.51. The average molecular weight is 256 g/mol. The SMILES string of the molecule is Cc1ccc(-c2c(C)sc3nc(C=O)cn23)cc1. The second-order valence-electron chi connectivity index (χ2n) is 4.31. The van der Waals surface area contributed by atoms with Gasteiger partial charge in [0.15, 0.2) is 11.2 Å². The molecule has 0 aliphatic heterocycles. The van der Waals surface area contributed by atoms with Crippen molar-refractivity contribution in [2.45, 2.75) is 13.8 Å². The van der Waals surface area contributed by atoms with Crippen molar-refractivity contribution in [3.05, 3.63) is 46.6 Å². The largest absolute Gasteiger partial charge is 0.296 e. The Kier molecular flexibility index (Phi) is 2.52. The third-order valence-corrected chi connectivity index (χ3v) is 3.93. The topological polar surface area (TPSA) is 34.4 Å². The van der Waals surface area contributed by atoms with E-state index in [4.69, 9.17) is 0 Å². The summed E-state index contributed by atoms with van der Waals surface area (Å²) in [6.07, 6.45) is 2.58. The molecule has 3 aromatic rings. The number of rotatable bonds is 2. The second-order valence-corrected chi connectivity index (χ2v) is 5.49. The molecule has 2 heterocycles. The molecule has 0 spiro atoms. The number of imidazole rings is 1. The average Bonchev–Trinajstić information content (AvgIpc) is 2.87. The molecular formula is C14H12N2OS. The van der Waals surface area contributed by atoms with E-state index in [1.54, 1.807) is 17.5 Å². The summed E-state index contributed by atoms with van der Waals surface area (Å²) in [6, 6.07) is 8.39. The predicted octanol–water partition coefficient (Wildman–Crippen LogP) is 3.49. The Hall–Kier alpha value is -1.94. The minimum absolute atomic E-state index is 0.481. The molecule has 0 aliphatic carbocycles. The molecule has 0 bridgehead atoms. The number of aldehydes is 1. The Bertz CT molecular complexity index is 722. The number of nitrogens with zero attached hydrogens (tertiary/aromatic N) is 2. The lowest BCUT2D eigenvalue weighted by Gasteiger charge is -2.02. The van der Waals surface area contributed by atoms with Crippen LogP contribution in [0.4, 0.5) is 0 Å². The first-order chi connectivity index (χ1) is 8.69. The summed E-state index contributed by atoms with van der Waals surface area (Å²) in [5.74, 6) is 0. The van der Waals surface area contributed by atoms with Gasteiger partial charge < -0.3 is 0 Å². The van der Waals surface area contributed by atoms with E-state index in [0.29, 0.717) is 5.69 Å². The predicted molar refractivity (Wildman–Crippen MR) is 73.4 cm³/mol. The molecule has 0 N–H and O–H groups in total. The summed E-state index contributed by atoms with van der Waals surface area (Å²) < 4.78 is 1.99. The van der Waals surface area contributed by atoms with E-state index < -0.39 is 0 Å².